The summed E-state index contributed by atoms with van der Waals surface area (Å²) in [6.45, 7) is 2.38. The SMILES string of the molecule is COc1cnn(CCN(C)C)c1C(F)C1CCCN1. The van der Waals surface area contributed by atoms with Crippen molar-refractivity contribution in [3.63, 3.8) is 0 Å². The van der Waals surface area contributed by atoms with E-state index in [-0.39, 0.29) is 6.04 Å². The van der Waals surface area contributed by atoms with E-state index in [0.29, 0.717) is 18.0 Å². The highest BCUT2D eigenvalue weighted by atomic mass is 19.1. The number of rotatable bonds is 6. The first-order valence-corrected chi connectivity index (χ1v) is 6.75. The number of hydrogen-bond donors (Lipinski definition) is 1. The lowest BCUT2D eigenvalue weighted by atomic mass is 10.1. The number of aromatic nitrogens is 2. The summed E-state index contributed by atoms with van der Waals surface area (Å²) < 4.78 is 21.7. The van der Waals surface area contributed by atoms with Crippen molar-refractivity contribution in [1.29, 1.82) is 0 Å². The van der Waals surface area contributed by atoms with Crippen LogP contribution < -0.4 is 10.1 Å². The minimum Gasteiger partial charge on any atom is -0.493 e. The quantitative estimate of drug-likeness (QED) is 0.844. The molecule has 1 N–H and O–H groups in total. The maximum absolute atomic E-state index is 14.7. The Morgan fingerprint density at radius 3 is 3.00 bits per heavy atom. The molecule has 108 valence electrons. The highest BCUT2D eigenvalue weighted by Crippen LogP contribution is 2.33. The molecule has 0 spiro atoms. The molecule has 0 bridgehead atoms. The van der Waals surface area contributed by atoms with E-state index in [9.17, 15) is 4.39 Å². The van der Waals surface area contributed by atoms with Crippen LogP contribution in [0.15, 0.2) is 6.20 Å². The molecule has 19 heavy (non-hydrogen) atoms. The standard InChI is InChI=1S/C13H23FN4O/c1-17(2)7-8-18-13(11(19-3)9-16-18)12(14)10-5-4-6-15-10/h9-10,12,15H,4-8H2,1-3H3. The average Bonchev–Trinajstić information content (AvgIpc) is 3.04. The molecular weight excluding hydrogens is 247 g/mol. The molecule has 1 aliphatic heterocycles. The number of ether oxygens (including phenoxy) is 1. The van der Waals surface area contributed by atoms with Crippen molar-refractivity contribution in [3.8, 4) is 5.75 Å². The summed E-state index contributed by atoms with van der Waals surface area (Å²) in [7, 11) is 5.54. The third kappa shape index (κ3) is 3.25. The number of nitrogens with one attached hydrogen (secondary N) is 1. The first kappa shape index (κ1) is 14.3. The predicted molar refractivity (Wildman–Crippen MR) is 72.2 cm³/mol. The van der Waals surface area contributed by atoms with Gasteiger partial charge in [0.25, 0.3) is 0 Å². The second-order valence-electron chi connectivity index (χ2n) is 5.23. The Hall–Kier alpha value is -1.14. The Labute approximate surface area is 113 Å². The third-order valence-electron chi connectivity index (χ3n) is 3.54. The molecular formula is C13H23FN4O. The van der Waals surface area contributed by atoms with Crippen molar-refractivity contribution < 1.29 is 9.13 Å². The zero-order valence-electron chi connectivity index (χ0n) is 11.9. The molecule has 0 saturated carbocycles. The fraction of sp³-hybridized carbons (Fsp3) is 0.769. The van der Waals surface area contributed by atoms with Crippen LogP contribution in [-0.4, -0.2) is 55.0 Å². The van der Waals surface area contributed by atoms with Crippen LogP contribution >= 0.6 is 0 Å². The van der Waals surface area contributed by atoms with Gasteiger partial charge in [0.1, 0.15) is 5.69 Å². The zero-order chi connectivity index (χ0) is 13.8. The summed E-state index contributed by atoms with van der Waals surface area (Å²) in [5.41, 5.74) is 0.559. The van der Waals surface area contributed by atoms with E-state index in [0.717, 1.165) is 25.9 Å². The summed E-state index contributed by atoms with van der Waals surface area (Å²) in [5.74, 6) is 0.542. The highest BCUT2D eigenvalue weighted by Gasteiger charge is 2.31. The summed E-state index contributed by atoms with van der Waals surface area (Å²) in [6.07, 6.45) is 2.43. The van der Waals surface area contributed by atoms with E-state index in [4.69, 9.17) is 4.74 Å². The number of nitrogens with zero attached hydrogens (tertiary/aromatic N) is 3. The first-order chi connectivity index (χ1) is 9.13. The number of methoxy groups -OCH3 is 1. The minimum absolute atomic E-state index is 0.122. The predicted octanol–water partition coefficient (Wildman–Crippen LogP) is 1.22. The lowest BCUT2D eigenvalue weighted by Gasteiger charge is -2.19. The van der Waals surface area contributed by atoms with Gasteiger partial charge < -0.3 is 15.0 Å². The highest BCUT2D eigenvalue weighted by molar-refractivity contribution is 5.28. The molecule has 1 aromatic heterocycles. The largest absolute Gasteiger partial charge is 0.493 e. The van der Waals surface area contributed by atoms with E-state index >= 15 is 0 Å². The van der Waals surface area contributed by atoms with Crippen LogP contribution in [0.3, 0.4) is 0 Å². The van der Waals surface area contributed by atoms with Gasteiger partial charge in [0.15, 0.2) is 11.9 Å². The molecule has 2 rings (SSSR count). The van der Waals surface area contributed by atoms with Gasteiger partial charge in [-0.1, -0.05) is 0 Å². The van der Waals surface area contributed by atoms with Crippen molar-refractivity contribution in [3.05, 3.63) is 11.9 Å². The Kier molecular flexibility index (Phi) is 4.76. The van der Waals surface area contributed by atoms with Crippen molar-refractivity contribution in [1.82, 2.24) is 20.0 Å². The summed E-state index contributed by atoms with van der Waals surface area (Å²) in [6, 6.07) is -0.122. The minimum atomic E-state index is -1.07. The second kappa shape index (κ2) is 6.34. The molecule has 6 heteroatoms. The van der Waals surface area contributed by atoms with Gasteiger partial charge in [-0.3, -0.25) is 4.68 Å². The van der Waals surface area contributed by atoms with Crippen molar-refractivity contribution >= 4 is 0 Å². The monoisotopic (exact) mass is 270 g/mol. The van der Waals surface area contributed by atoms with E-state index in [2.05, 4.69) is 15.3 Å². The molecule has 2 heterocycles. The number of hydrogen-bond acceptors (Lipinski definition) is 4. The van der Waals surface area contributed by atoms with E-state index in [1.165, 1.54) is 0 Å². The van der Waals surface area contributed by atoms with Crippen LogP contribution in [0.25, 0.3) is 0 Å². The van der Waals surface area contributed by atoms with Crippen LogP contribution in [0, 0.1) is 0 Å². The van der Waals surface area contributed by atoms with Gasteiger partial charge >= 0.3 is 0 Å². The van der Waals surface area contributed by atoms with E-state index in [1.54, 1.807) is 18.0 Å². The maximum atomic E-state index is 14.7. The average molecular weight is 270 g/mol. The molecule has 5 nitrogen and oxygen atoms in total. The lowest BCUT2D eigenvalue weighted by Crippen LogP contribution is -2.29. The molecule has 0 radical (unpaired) electrons. The van der Waals surface area contributed by atoms with E-state index in [1.807, 2.05) is 14.1 Å². The maximum Gasteiger partial charge on any atom is 0.163 e. The molecule has 2 atom stereocenters. The summed E-state index contributed by atoms with van der Waals surface area (Å²) >= 11 is 0. The van der Waals surface area contributed by atoms with E-state index < -0.39 is 6.17 Å². The lowest BCUT2D eigenvalue weighted by molar-refractivity contribution is 0.242. The molecule has 1 saturated heterocycles. The van der Waals surface area contributed by atoms with Gasteiger partial charge in [-0.2, -0.15) is 5.10 Å². The molecule has 1 fully saturated rings. The third-order valence-corrected chi connectivity index (χ3v) is 3.54. The Balaban J connectivity index is 2.17. The Morgan fingerprint density at radius 1 is 1.63 bits per heavy atom. The number of halogens is 1. The molecule has 0 aliphatic carbocycles. The second-order valence-corrected chi connectivity index (χ2v) is 5.23. The van der Waals surface area contributed by atoms with Crippen molar-refractivity contribution in [2.45, 2.75) is 31.6 Å². The Bertz CT molecular complexity index is 401. The van der Waals surface area contributed by atoms with Crippen LogP contribution in [0.1, 0.15) is 24.7 Å². The van der Waals surface area contributed by atoms with Crippen LogP contribution in [0.4, 0.5) is 4.39 Å². The smallest absolute Gasteiger partial charge is 0.163 e. The molecule has 0 aromatic carbocycles. The van der Waals surface area contributed by atoms with Gasteiger partial charge in [-0.05, 0) is 33.5 Å². The van der Waals surface area contributed by atoms with Gasteiger partial charge in [-0.25, -0.2) is 4.39 Å². The first-order valence-electron chi connectivity index (χ1n) is 6.75. The van der Waals surface area contributed by atoms with Gasteiger partial charge in [0.2, 0.25) is 0 Å². The molecule has 2 unspecified atom stereocenters. The summed E-state index contributed by atoms with van der Waals surface area (Å²) in [5, 5.41) is 7.45. The molecule has 0 amide bonds. The van der Waals surface area contributed by atoms with Gasteiger partial charge in [0.05, 0.1) is 19.9 Å². The van der Waals surface area contributed by atoms with Crippen LogP contribution in [-0.2, 0) is 6.54 Å². The fourth-order valence-corrected chi connectivity index (χ4v) is 2.44. The van der Waals surface area contributed by atoms with Crippen molar-refractivity contribution in [2.24, 2.45) is 0 Å². The normalized spacial score (nSPS) is 21.0. The number of alkyl halides is 1. The number of likely N-dealkylation sites (N-methyl/N-ethyl adjacent to an activating group) is 1. The van der Waals surface area contributed by atoms with Crippen LogP contribution in [0.2, 0.25) is 0 Å². The van der Waals surface area contributed by atoms with Gasteiger partial charge in [0, 0.05) is 12.6 Å². The van der Waals surface area contributed by atoms with Gasteiger partial charge in [-0.15, -0.1) is 0 Å². The van der Waals surface area contributed by atoms with Crippen LogP contribution in [0.5, 0.6) is 5.75 Å². The zero-order valence-corrected chi connectivity index (χ0v) is 11.9. The molecule has 1 aliphatic rings. The van der Waals surface area contributed by atoms with Crippen molar-refractivity contribution in [2.75, 3.05) is 34.3 Å². The summed E-state index contributed by atoms with van der Waals surface area (Å²) in [4.78, 5) is 2.05. The fourth-order valence-electron chi connectivity index (χ4n) is 2.44. The topological polar surface area (TPSA) is 42.3 Å². The Morgan fingerprint density at radius 2 is 2.42 bits per heavy atom. The molecule has 1 aromatic rings.